The van der Waals surface area contributed by atoms with Gasteiger partial charge in [0, 0.05) is 28.7 Å². The standard InChI is InChI=1S/C21H20N2O3S2/c1-13-11-14(21(25)26-2)5-6-16(13)22-19(24)18-15-7-10-27-12-17(15)28-20(18)23-8-3-4-9-23/h3-6,8-9,11H,7,10,12H2,1-2H3,(H,22,24). The van der Waals surface area contributed by atoms with Crippen molar-refractivity contribution in [3.8, 4) is 5.00 Å². The number of rotatable bonds is 4. The third kappa shape index (κ3) is 3.47. The fourth-order valence-corrected chi connectivity index (χ4v) is 5.78. The number of aryl methyl sites for hydroxylation is 1. The first-order valence-corrected chi connectivity index (χ1v) is 10.9. The summed E-state index contributed by atoms with van der Waals surface area (Å²) < 4.78 is 6.77. The molecule has 0 radical (unpaired) electrons. The van der Waals surface area contributed by atoms with Crippen molar-refractivity contribution < 1.29 is 14.3 Å². The fourth-order valence-electron chi connectivity index (χ4n) is 3.34. The monoisotopic (exact) mass is 412 g/mol. The summed E-state index contributed by atoms with van der Waals surface area (Å²) in [6, 6.07) is 9.08. The van der Waals surface area contributed by atoms with Gasteiger partial charge in [0.05, 0.1) is 18.2 Å². The number of nitrogens with one attached hydrogen (secondary N) is 1. The highest BCUT2D eigenvalue weighted by molar-refractivity contribution is 7.98. The van der Waals surface area contributed by atoms with Gasteiger partial charge in [-0.2, -0.15) is 11.8 Å². The minimum atomic E-state index is -0.389. The molecule has 1 aromatic carbocycles. The summed E-state index contributed by atoms with van der Waals surface area (Å²) in [5.41, 5.74) is 3.90. The highest BCUT2D eigenvalue weighted by Gasteiger charge is 2.26. The molecule has 144 valence electrons. The summed E-state index contributed by atoms with van der Waals surface area (Å²) in [6.07, 6.45) is 4.84. The van der Waals surface area contributed by atoms with E-state index in [0.29, 0.717) is 11.3 Å². The minimum Gasteiger partial charge on any atom is -0.465 e. The predicted molar refractivity (Wildman–Crippen MR) is 114 cm³/mol. The average Bonchev–Trinajstić information content (AvgIpc) is 3.36. The van der Waals surface area contributed by atoms with Gasteiger partial charge in [-0.25, -0.2) is 4.79 Å². The van der Waals surface area contributed by atoms with Gasteiger partial charge >= 0.3 is 5.97 Å². The second-order valence-corrected chi connectivity index (χ2v) is 8.74. The highest BCUT2D eigenvalue weighted by atomic mass is 32.2. The average molecular weight is 413 g/mol. The number of nitrogens with zero attached hydrogens (tertiary/aromatic N) is 1. The molecule has 0 saturated carbocycles. The second-order valence-electron chi connectivity index (χ2n) is 6.55. The summed E-state index contributed by atoms with van der Waals surface area (Å²) in [5.74, 6) is 1.48. The molecule has 1 N–H and O–H groups in total. The van der Waals surface area contributed by atoms with E-state index < -0.39 is 0 Å². The number of fused-ring (bicyclic) bond motifs is 1. The van der Waals surface area contributed by atoms with Gasteiger partial charge in [0.2, 0.25) is 0 Å². The summed E-state index contributed by atoms with van der Waals surface area (Å²) in [6.45, 7) is 1.87. The summed E-state index contributed by atoms with van der Waals surface area (Å²) in [4.78, 5) is 26.3. The molecule has 2 aromatic heterocycles. The Kier molecular flexibility index (Phi) is 5.28. The number of aromatic nitrogens is 1. The van der Waals surface area contributed by atoms with E-state index in [1.165, 1.54) is 12.0 Å². The Hall–Kier alpha value is -2.51. The summed E-state index contributed by atoms with van der Waals surface area (Å²) >= 11 is 3.60. The van der Waals surface area contributed by atoms with Gasteiger partial charge in [-0.15, -0.1) is 11.3 Å². The number of hydrogen-bond acceptors (Lipinski definition) is 5. The molecule has 5 nitrogen and oxygen atoms in total. The molecular weight excluding hydrogens is 392 g/mol. The fraction of sp³-hybridized carbons (Fsp3) is 0.238. The zero-order valence-electron chi connectivity index (χ0n) is 15.7. The third-order valence-electron chi connectivity index (χ3n) is 4.76. The molecule has 0 fully saturated rings. The first-order valence-electron chi connectivity index (χ1n) is 8.94. The topological polar surface area (TPSA) is 60.3 Å². The lowest BCUT2D eigenvalue weighted by Gasteiger charge is -2.14. The molecule has 0 saturated heterocycles. The van der Waals surface area contributed by atoms with E-state index in [1.54, 1.807) is 29.5 Å². The molecule has 28 heavy (non-hydrogen) atoms. The number of thiophene rings is 1. The number of thioether (sulfide) groups is 1. The van der Waals surface area contributed by atoms with E-state index in [-0.39, 0.29) is 11.9 Å². The van der Waals surface area contributed by atoms with E-state index in [2.05, 4.69) is 5.32 Å². The number of carbonyl (C=O) groups is 2. The first kappa shape index (κ1) is 18.8. The minimum absolute atomic E-state index is 0.109. The molecule has 0 spiro atoms. The highest BCUT2D eigenvalue weighted by Crippen LogP contribution is 2.38. The maximum absolute atomic E-state index is 13.3. The van der Waals surface area contributed by atoms with E-state index in [0.717, 1.165) is 39.6 Å². The Balaban J connectivity index is 1.69. The van der Waals surface area contributed by atoms with Crippen LogP contribution in [0, 0.1) is 6.92 Å². The predicted octanol–water partition coefficient (Wildman–Crippen LogP) is 4.68. The van der Waals surface area contributed by atoms with E-state index in [1.807, 2.05) is 47.8 Å². The van der Waals surface area contributed by atoms with Crippen LogP contribution in [-0.4, -0.2) is 29.3 Å². The Labute approximate surface area is 171 Å². The number of ether oxygens (including phenoxy) is 1. The Morgan fingerprint density at radius 3 is 2.71 bits per heavy atom. The van der Waals surface area contributed by atoms with Crippen LogP contribution in [-0.2, 0) is 16.9 Å². The number of benzene rings is 1. The van der Waals surface area contributed by atoms with Gasteiger partial charge in [-0.05, 0) is 60.6 Å². The zero-order valence-corrected chi connectivity index (χ0v) is 17.3. The molecule has 1 aliphatic heterocycles. The van der Waals surface area contributed by atoms with Crippen LogP contribution < -0.4 is 5.32 Å². The van der Waals surface area contributed by atoms with Gasteiger partial charge in [-0.3, -0.25) is 4.79 Å². The molecule has 0 aliphatic carbocycles. The molecular formula is C21H20N2O3S2. The van der Waals surface area contributed by atoms with Gasteiger partial charge in [0.15, 0.2) is 0 Å². The van der Waals surface area contributed by atoms with Gasteiger partial charge in [0.1, 0.15) is 5.00 Å². The van der Waals surface area contributed by atoms with Gasteiger partial charge < -0.3 is 14.6 Å². The van der Waals surface area contributed by atoms with Crippen molar-refractivity contribution in [2.45, 2.75) is 19.1 Å². The second kappa shape index (κ2) is 7.85. The number of carbonyl (C=O) groups excluding carboxylic acids is 2. The quantitative estimate of drug-likeness (QED) is 0.633. The normalized spacial score (nSPS) is 13.1. The summed E-state index contributed by atoms with van der Waals surface area (Å²) in [7, 11) is 1.36. The lowest BCUT2D eigenvalue weighted by molar-refractivity contribution is 0.0600. The van der Waals surface area contributed by atoms with Crippen molar-refractivity contribution in [1.82, 2.24) is 4.57 Å². The van der Waals surface area contributed by atoms with Crippen LogP contribution in [0.25, 0.3) is 5.00 Å². The van der Waals surface area contributed by atoms with Crippen molar-refractivity contribution in [3.63, 3.8) is 0 Å². The molecule has 0 unspecified atom stereocenters. The Morgan fingerprint density at radius 2 is 2.00 bits per heavy atom. The lowest BCUT2D eigenvalue weighted by atomic mass is 10.1. The molecule has 3 heterocycles. The van der Waals surface area contributed by atoms with Crippen LogP contribution >= 0.6 is 23.1 Å². The van der Waals surface area contributed by atoms with Crippen molar-refractivity contribution in [2.75, 3.05) is 18.2 Å². The zero-order chi connectivity index (χ0) is 19.7. The number of hydrogen-bond donors (Lipinski definition) is 1. The number of amides is 1. The van der Waals surface area contributed by atoms with E-state index in [9.17, 15) is 9.59 Å². The largest absolute Gasteiger partial charge is 0.465 e. The molecule has 0 atom stereocenters. The maximum atomic E-state index is 13.3. The molecule has 4 rings (SSSR count). The van der Waals surface area contributed by atoms with Crippen molar-refractivity contribution in [1.29, 1.82) is 0 Å². The van der Waals surface area contributed by atoms with Crippen LogP contribution in [0.15, 0.2) is 42.7 Å². The maximum Gasteiger partial charge on any atom is 0.337 e. The molecule has 1 amide bonds. The smallest absolute Gasteiger partial charge is 0.337 e. The van der Waals surface area contributed by atoms with Crippen molar-refractivity contribution >= 4 is 40.7 Å². The van der Waals surface area contributed by atoms with Gasteiger partial charge in [0.25, 0.3) is 5.91 Å². The van der Waals surface area contributed by atoms with Gasteiger partial charge in [-0.1, -0.05) is 0 Å². The van der Waals surface area contributed by atoms with Crippen LogP contribution in [0.3, 0.4) is 0 Å². The Bertz CT molecular complexity index is 1040. The summed E-state index contributed by atoms with van der Waals surface area (Å²) in [5, 5.41) is 4.00. The van der Waals surface area contributed by atoms with Crippen LogP contribution in [0.4, 0.5) is 5.69 Å². The van der Waals surface area contributed by atoms with Crippen molar-refractivity contribution in [2.24, 2.45) is 0 Å². The number of esters is 1. The SMILES string of the molecule is COC(=O)c1ccc(NC(=O)c2c(-n3cccc3)sc3c2CCSC3)c(C)c1. The number of methoxy groups -OCH3 is 1. The molecule has 0 bridgehead atoms. The van der Waals surface area contributed by atoms with Crippen molar-refractivity contribution in [3.05, 3.63) is 69.9 Å². The van der Waals surface area contributed by atoms with E-state index >= 15 is 0 Å². The number of anilines is 1. The lowest BCUT2D eigenvalue weighted by Crippen LogP contribution is -2.17. The van der Waals surface area contributed by atoms with E-state index in [4.69, 9.17) is 4.74 Å². The van der Waals surface area contributed by atoms with Crippen LogP contribution in [0.2, 0.25) is 0 Å². The van der Waals surface area contributed by atoms with Crippen LogP contribution in [0.1, 0.15) is 36.7 Å². The molecule has 7 heteroatoms. The first-order chi connectivity index (χ1) is 13.6. The third-order valence-corrected chi connectivity index (χ3v) is 7.18. The molecule has 1 aliphatic rings. The van der Waals surface area contributed by atoms with Crippen LogP contribution in [0.5, 0.6) is 0 Å². The molecule has 3 aromatic rings. The Morgan fingerprint density at radius 1 is 1.21 bits per heavy atom.